The summed E-state index contributed by atoms with van der Waals surface area (Å²) in [5.41, 5.74) is 2.50. The maximum absolute atomic E-state index is 12.4. The second kappa shape index (κ2) is 10.1. The molecule has 2 N–H and O–H groups in total. The largest absolute Gasteiger partial charge is 0.494 e. The monoisotopic (exact) mass is 416 g/mol. The summed E-state index contributed by atoms with van der Waals surface area (Å²) in [6.45, 7) is 5.27. The summed E-state index contributed by atoms with van der Waals surface area (Å²) in [4.78, 5) is 19.2. The van der Waals surface area contributed by atoms with E-state index in [1.54, 1.807) is 6.20 Å². The highest BCUT2D eigenvalue weighted by Gasteiger charge is 2.23. The van der Waals surface area contributed by atoms with E-state index < -0.39 is 0 Å². The summed E-state index contributed by atoms with van der Waals surface area (Å²) >= 11 is 0. The van der Waals surface area contributed by atoms with Gasteiger partial charge in [0.1, 0.15) is 11.6 Å². The van der Waals surface area contributed by atoms with Crippen LogP contribution in [0.25, 0.3) is 0 Å². The lowest BCUT2D eigenvalue weighted by molar-refractivity contribution is 0.102. The summed E-state index contributed by atoms with van der Waals surface area (Å²) in [5, 5.41) is 6.53. The molecule has 6 nitrogen and oxygen atoms in total. The van der Waals surface area contributed by atoms with Gasteiger partial charge in [0.25, 0.3) is 5.91 Å². The van der Waals surface area contributed by atoms with Gasteiger partial charge in [-0.1, -0.05) is 36.4 Å². The molecule has 31 heavy (non-hydrogen) atoms. The number of aromatic nitrogens is 1. The molecule has 2 aromatic carbocycles. The second-order valence-corrected chi connectivity index (χ2v) is 7.58. The van der Waals surface area contributed by atoms with Crippen LogP contribution in [0.4, 0.5) is 11.5 Å². The van der Waals surface area contributed by atoms with E-state index in [0.717, 1.165) is 43.3 Å². The first-order valence-corrected chi connectivity index (χ1v) is 10.7. The Morgan fingerprint density at radius 2 is 1.90 bits per heavy atom. The van der Waals surface area contributed by atoms with E-state index in [0.29, 0.717) is 18.2 Å². The Hall–Kier alpha value is -3.38. The number of hydrogen-bond acceptors (Lipinski definition) is 5. The Morgan fingerprint density at radius 1 is 1.10 bits per heavy atom. The Balaban J connectivity index is 1.30. The Kier molecular flexibility index (Phi) is 6.79. The quantitative estimate of drug-likeness (QED) is 0.579. The minimum Gasteiger partial charge on any atom is -0.494 e. The Labute approximate surface area is 183 Å². The van der Waals surface area contributed by atoms with Crippen LogP contribution in [0, 0.1) is 0 Å². The third-order valence-electron chi connectivity index (χ3n) is 5.41. The third kappa shape index (κ3) is 5.41. The van der Waals surface area contributed by atoms with Crippen molar-refractivity contribution in [2.45, 2.75) is 25.9 Å². The second-order valence-electron chi connectivity index (χ2n) is 7.58. The molecule has 160 valence electrons. The first-order chi connectivity index (χ1) is 15.2. The fourth-order valence-corrected chi connectivity index (χ4v) is 3.77. The van der Waals surface area contributed by atoms with Gasteiger partial charge >= 0.3 is 0 Å². The molecule has 3 aromatic rings. The molecule has 0 bridgehead atoms. The van der Waals surface area contributed by atoms with Gasteiger partial charge in [-0.05, 0) is 43.7 Å². The van der Waals surface area contributed by atoms with Gasteiger partial charge < -0.3 is 20.3 Å². The number of carbonyl (C=O) groups excluding carboxylic acids is 1. The van der Waals surface area contributed by atoms with Gasteiger partial charge in [-0.2, -0.15) is 0 Å². The minimum atomic E-state index is -0.154. The molecule has 2 heterocycles. The smallest absolute Gasteiger partial charge is 0.257 e. The summed E-state index contributed by atoms with van der Waals surface area (Å²) < 4.78 is 5.72. The molecule has 1 aliphatic rings. The molecular formula is C25H28N4O2. The predicted octanol–water partition coefficient (Wildman–Crippen LogP) is 4.10. The van der Waals surface area contributed by atoms with Crippen LogP contribution < -0.4 is 20.3 Å². The lowest BCUT2D eigenvalue weighted by Gasteiger charge is -2.19. The summed E-state index contributed by atoms with van der Waals surface area (Å²) in [7, 11) is 0. The zero-order valence-corrected chi connectivity index (χ0v) is 17.8. The predicted molar refractivity (Wildman–Crippen MR) is 124 cm³/mol. The van der Waals surface area contributed by atoms with Crippen LogP contribution in [0.15, 0.2) is 72.9 Å². The van der Waals surface area contributed by atoms with E-state index in [4.69, 9.17) is 4.74 Å². The van der Waals surface area contributed by atoms with Crippen molar-refractivity contribution in [3.63, 3.8) is 0 Å². The first-order valence-electron chi connectivity index (χ1n) is 10.7. The molecule has 1 unspecified atom stereocenters. The number of pyridine rings is 1. The molecule has 0 saturated carbocycles. The van der Waals surface area contributed by atoms with Gasteiger partial charge in [0.15, 0.2) is 0 Å². The molecule has 1 saturated heterocycles. The number of benzene rings is 2. The number of rotatable bonds is 8. The van der Waals surface area contributed by atoms with E-state index in [9.17, 15) is 4.79 Å². The molecule has 6 heteroatoms. The molecule has 0 spiro atoms. The van der Waals surface area contributed by atoms with Crippen LogP contribution in [0.5, 0.6) is 5.75 Å². The number of hydrogen-bond donors (Lipinski definition) is 2. The number of anilines is 2. The molecule has 1 aliphatic heterocycles. The molecule has 0 radical (unpaired) electrons. The topological polar surface area (TPSA) is 66.5 Å². The van der Waals surface area contributed by atoms with Crippen molar-refractivity contribution in [3.05, 3.63) is 84.1 Å². The molecular weight excluding hydrogens is 388 g/mol. The average Bonchev–Trinajstić information content (AvgIpc) is 3.29. The van der Waals surface area contributed by atoms with Gasteiger partial charge in [-0.3, -0.25) is 4.79 Å². The lowest BCUT2D eigenvalue weighted by atomic mass is 10.2. The Bertz CT molecular complexity index is 992. The molecule has 1 fully saturated rings. The molecule has 1 amide bonds. The van der Waals surface area contributed by atoms with E-state index in [2.05, 4.69) is 26.6 Å². The minimum absolute atomic E-state index is 0.154. The lowest BCUT2D eigenvalue weighted by Crippen LogP contribution is -2.32. The standard InChI is InChI=1S/C25H28N4O2/c1-2-31-23-11-7-6-8-19(23)16-26-22-14-15-29(18-22)24-13-12-20(17-27-24)25(30)28-21-9-4-3-5-10-21/h3-13,17,22,26H,2,14-16,18H2,1H3,(H,28,30). The van der Waals surface area contributed by atoms with Crippen molar-refractivity contribution in [2.75, 3.05) is 29.9 Å². The van der Waals surface area contributed by atoms with E-state index in [-0.39, 0.29) is 5.91 Å². The summed E-state index contributed by atoms with van der Waals surface area (Å²) in [6.07, 6.45) is 2.70. The van der Waals surface area contributed by atoms with Crippen LogP contribution in [0.3, 0.4) is 0 Å². The van der Waals surface area contributed by atoms with Crippen LogP contribution in [0.1, 0.15) is 29.3 Å². The zero-order chi connectivity index (χ0) is 21.5. The highest BCUT2D eigenvalue weighted by atomic mass is 16.5. The van der Waals surface area contributed by atoms with Crippen molar-refractivity contribution in [2.24, 2.45) is 0 Å². The number of amides is 1. The van der Waals surface area contributed by atoms with Crippen LogP contribution >= 0.6 is 0 Å². The fourth-order valence-electron chi connectivity index (χ4n) is 3.77. The molecule has 0 aliphatic carbocycles. The van der Waals surface area contributed by atoms with Gasteiger partial charge in [0.2, 0.25) is 0 Å². The molecule has 1 aromatic heterocycles. The number of para-hydroxylation sites is 2. The summed E-state index contributed by atoms with van der Waals surface area (Å²) in [6, 6.07) is 21.7. The number of carbonyl (C=O) groups is 1. The highest BCUT2D eigenvalue weighted by molar-refractivity contribution is 6.04. The van der Waals surface area contributed by atoms with Gasteiger partial charge in [-0.25, -0.2) is 4.98 Å². The van der Waals surface area contributed by atoms with Gasteiger partial charge in [0.05, 0.1) is 12.2 Å². The van der Waals surface area contributed by atoms with Gasteiger partial charge in [-0.15, -0.1) is 0 Å². The fraction of sp³-hybridized carbons (Fsp3) is 0.280. The van der Waals surface area contributed by atoms with Crippen LogP contribution in [-0.2, 0) is 6.54 Å². The van der Waals surface area contributed by atoms with Crippen molar-refractivity contribution in [3.8, 4) is 5.75 Å². The van der Waals surface area contributed by atoms with E-state index >= 15 is 0 Å². The van der Waals surface area contributed by atoms with Crippen molar-refractivity contribution in [1.29, 1.82) is 0 Å². The van der Waals surface area contributed by atoms with Crippen LogP contribution in [0.2, 0.25) is 0 Å². The Morgan fingerprint density at radius 3 is 2.68 bits per heavy atom. The van der Waals surface area contributed by atoms with Crippen molar-refractivity contribution >= 4 is 17.4 Å². The average molecular weight is 417 g/mol. The van der Waals surface area contributed by atoms with Crippen molar-refractivity contribution in [1.82, 2.24) is 10.3 Å². The van der Waals surface area contributed by atoms with Gasteiger partial charge in [0, 0.05) is 43.1 Å². The SMILES string of the molecule is CCOc1ccccc1CNC1CCN(c2ccc(C(=O)Nc3ccccc3)cn2)C1. The number of nitrogens with one attached hydrogen (secondary N) is 2. The maximum atomic E-state index is 12.4. The highest BCUT2D eigenvalue weighted by Crippen LogP contribution is 2.21. The van der Waals surface area contributed by atoms with Crippen molar-refractivity contribution < 1.29 is 9.53 Å². The third-order valence-corrected chi connectivity index (χ3v) is 5.41. The zero-order valence-electron chi connectivity index (χ0n) is 17.8. The van der Waals surface area contributed by atoms with E-state index in [1.807, 2.05) is 67.6 Å². The number of nitrogens with zero attached hydrogens (tertiary/aromatic N) is 2. The van der Waals surface area contributed by atoms with Crippen LogP contribution in [-0.4, -0.2) is 36.6 Å². The molecule has 1 atom stereocenters. The first kappa shape index (κ1) is 20.9. The maximum Gasteiger partial charge on any atom is 0.257 e. The summed E-state index contributed by atoms with van der Waals surface area (Å²) in [5.74, 6) is 1.69. The normalized spacial score (nSPS) is 15.6. The van der Waals surface area contributed by atoms with E-state index in [1.165, 1.54) is 5.56 Å². The molecule has 4 rings (SSSR count). The number of ether oxygens (including phenoxy) is 1.